The summed E-state index contributed by atoms with van der Waals surface area (Å²) in [6.45, 7) is 5.80. The van der Waals surface area contributed by atoms with Gasteiger partial charge in [-0.1, -0.05) is 36.4 Å². The number of piperidine rings is 2. The maximum atomic E-state index is 6.13. The van der Waals surface area contributed by atoms with Crippen molar-refractivity contribution in [2.45, 2.75) is 32.2 Å². The van der Waals surface area contributed by atoms with Crippen molar-refractivity contribution >= 4 is 0 Å². The fourth-order valence-electron chi connectivity index (χ4n) is 4.23. The molecule has 3 heteroatoms. The third-order valence-corrected chi connectivity index (χ3v) is 5.92. The van der Waals surface area contributed by atoms with Crippen LogP contribution in [0.15, 0.2) is 54.6 Å². The van der Waals surface area contributed by atoms with Gasteiger partial charge in [0.25, 0.3) is 0 Å². The number of para-hydroxylation sites is 2. The molecule has 2 aliphatic rings. The average molecular weight is 336 g/mol. The van der Waals surface area contributed by atoms with Crippen LogP contribution in [0.25, 0.3) is 0 Å². The minimum absolute atomic E-state index is 0.613. The van der Waals surface area contributed by atoms with E-state index in [1.54, 1.807) is 0 Å². The first-order valence-electron chi connectivity index (χ1n) is 9.57. The Hall–Kier alpha value is -1.84. The van der Waals surface area contributed by atoms with Crippen molar-refractivity contribution < 1.29 is 4.74 Å². The molecule has 132 valence electrons. The number of nitrogens with one attached hydrogen (secondary N) is 1. The fourth-order valence-corrected chi connectivity index (χ4v) is 4.23. The van der Waals surface area contributed by atoms with Crippen molar-refractivity contribution in [2.24, 2.45) is 5.41 Å². The molecule has 0 aliphatic carbocycles. The molecule has 0 aromatic heterocycles. The minimum Gasteiger partial charge on any atom is -0.457 e. The second kappa shape index (κ2) is 7.59. The molecule has 3 nitrogen and oxygen atoms in total. The van der Waals surface area contributed by atoms with Gasteiger partial charge in [0.15, 0.2) is 0 Å². The molecule has 0 saturated carbocycles. The van der Waals surface area contributed by atoms with E-state index in [1.165, 1.54) is 57.4 Å². The van der Waals surface area contributed by atoms with Crippen LogP contribution in [0.4, 0.5) is 0 Å². The molecule has 25 heavy (non-hydrogen) atoms. The smallest absolute Gasteiger partial charge is 0.131 e. The van der Waals surface area contributed by atoms with Crippen LogP contribution in [0.2, 0.25) is 0 Å². The van der Waals surface area contributed by atoms with Gasteiger partial charge >= 0.3 is 0 Å². The van der Waals surface area contributed by atoms with Crippen LogP contribution in [0, 0.1) is 5.41 Å². The van der Waals surface area contributed by atoms with E-state index in [0.717, 1.165) is 18.0 Å². The highest BCUT2D eigenvalue weighted by molar-refractivity contribution is 5.37. The molecule has 2 heterocycles. The zero-order valence-electron chi connectivity index (χ0n) is 14.9. The van der Waals surface area contributed by atoms with E-state index in [1.807, 2.05) is 30.3 Å². The second-order valence-electron chi connectivity index (χ2n) is 7.55. The predicted octanol–water partition coefficient (Wildman–Crippen LogP) is 4.44. The Bertz CT molecular complexity index is 669. The third-order valence-electron chi connectivity index (χ3n) is 5.92. The van der Waals surface area contributed by atoms with Crippen molar-refractivity contribution in [1.82, 2.24) is 10.2 Å². The minimum atomic E-state index is 0.613. The Kier molecular flexibility index (Phi) is 5.04. The van der Waals surface area contributed by atoms with E-state index in [-0.39, 0.29) is 0 Å². The lowest BCUT2D eigenvalue weighted by atomic mass is 9.71. The Morgan fingerprint density at radius 1 is 0.840 bits per heavy atom. The summed E-state index contributed by atoms with van der Waals surface area (Å²) < 4.78 is 6.13. The lowest BCUT2D eigenvalue weighted by molar-refractivity contribution is 0.0698. The summed E-state index contributed by atoms with van der Waals surface area (Å²) in [5.74, 6) is 1.89. The normalized spacial score (nSPS) is 20.5. The van der Waals surface area contributed by atoms with Gasteiger partial charge in [-0.3, -0.25) is 4.90 Å². The highest BCUT2D eigenvalue weighted by Gasteiger charge is 2.35. The number of hydrogen-bond acceptors (Lipinski definition) is 3. The Morgan fingerprint density at radius 2 is 1.52 bits per heavy atom. The molecule has 1 spiro atoms. The van der Waals surface area contributed by atoms with Gasteiger partial charge < -0.3 is 10.1 Å². The summed E-state index contributed by atoms with van der Waals surface area (Å²) in [5.41, 5.74) is 1.90. The number of hydrogen-bond donors (Lipinski definition) is 1. The van der Waals surface area contributed by atoms with Gasteiger partial charge in [0.1, 0.15) is 11.5 Å². The number of ether oxygens (including phenoxy) is 1. The van der Waals surface area contributed by atoms with Gasteiger partial charge in [0.05, 0.1) is 0 Å². The van der Waals surface area contributed by atoms with Crippen LogP contribution in [-0.2, 0) is 6.54 Å². The quantitative estimate of drug-likeness (QED) is 0.893. The summed E-state index contributed by atoms with van der Waals surface area (Å²) in [6.07, 6.45) is 5.40. The van der Waals surface area contributed by atoms with Crippen LogP contribution in [-0.4, -0.2) is 31.1 Å². The van der Waals surface area contributed by atoms with Gasteiger partial charge in [-0.25, -0.2) is 0 Å². The number of nitrogens with zero attached hydrogens (tertiary/aromatic N) is 1. The van der Waals surface area contributed by atoms with E-state index in [9.17, 15) is 0 Å². The lowest BCUT2D eigenvalue weighted by Gasteiger charge is -2.44. The van der Waals surface area contributed by atoms with Crippen molar-refractivity contribution in [3.63, 3.8) is 0 Å². The third kappa shape index (κ3) is 4.05. The first kappa shape index (κ1) is 16.6. The highest BCUT2D eigenvalue weighted by atomic mass is 16.5. The zero-order chi connectivity index (χ0) is 17.0. The van der Waals surface area contributed by atoms with E-state index in [0.29, 0.717) is 5.41 Å². The standard InChI is InChI=1S/C22H28N2O/c1-2-7-20(8-3-1)25-21-9-5-4-6-19(21)18-24-16-12-22(13-17-24)10-14-23-15-11-22/h1-9,23H,10-18H2. The number of benzene rings is 2. The van der Waals surface area contributed by atoms with Gasteiger partial charge in [-0.05, 0) is 75.5 Å². The monoisotopic (exact) mass is 336 g/mol. The topological polar surface area (TPSA) is 24.5 Å². The highest BCUT2D eigenvalue weighted by Crippen LogP contribution is 2.40. The predicted molar refractivity (Wildman–Crippen MR) is 102 cm³/mol. The summed E-state index contributed by atoms with van der Waals surface area (Å²) in [7, 11) is 0. The summed E-state index contributed by atoms with van der Waals surface area (Å²) in [5, 5.41) is 3.51. The molecule has 2 saturated heterocycles. The average Bonchev–Trinajstić information content (AvgIpc) is 2.67. The van der Waals surface area contributed by atoms with Crippen LogP contribution >= 0.6 is 0 Å². The second-order valence-corrected chi connectivity index (χ2v) is 7.55. The van der Waals surface area contributed by atoms with Crippen LogP contribution in [0.1, 0.15) is 31.2 Å². The molecule has 0 atom stereocenters. The van der Waals surface area contributed by atoms with Crippen LogP contribution in [0.3, 0.4) is 0 Å². The zero-order valence-corrected chi connectivity index (χ0v) is 14.9. The van der Waals surface area contributed by atoms with Gasteiger partial charge in [0, 0.05) is 12.1 Å². The molecule has 0 amide bonds. The van der Waals surface area contributed by atoms with E-state index in [4.69, 9.17) is 4.74 Å². The number of likely N-dealkylation sites (tertiary alicyclic amines) is 1. The van der Waals surface area contributed by atoms with Crippen LogP contribution < -0.4 is 10.1 Å². The SMILES string of the molecule is c1ccc(Oc2ccccc2CN2CCC3(CCNCC3)CC2)cc1. The Labute approximate surface area is 151 Å². The molecular weight excluding hydrogens is 308 g/mol. The van der Waals surface area contributed by atoms with E-state index in [2.05, 4.69) is 34.5 Å². The molecule has 2 aromatic carbocycles. The molecule has 0 radical (unpaired) electrons. The Morgan fingerprint density at radius 3 is 2.28 bits per heavy atom. The maximum Gasteiger partial charge on any atom is 0.131 e. The van der Waals surface area contributed by atoms with Gasteiger partial charge in [-0.15, -0.1) is 0 Å². The lowest BCUT2D eigenvalue weighted by Crippen LogP contribution is -2.45. The van der Waals surface area contributed by atoms with E-state index < -0.39 is 0 Å². The molecule has 2 aromatic rings. The first-order valence-corrected chi connectivity index (χ1v) is 9.57. The van der Waals surface area contributed by atoms with E-state index >= 15 is 0 Å². The Balaban J connectivity index is 1.40. The van der Waals surface area contributed by atoms with Crippen molar-refractivity contribution in [3.8, 4) is 11.5 Å². The molecule has 0 bridgehead atoms. The largest absolute Gasteiger partial charge is 0.457 e. The van der Waals surface area contributed by atoms with Crippen LogP contribution in [0.5, 0.6) is 11.5 Å². The number of rotatable bonds is 4. The van der Waals surface area contributed by atoms with Crippen molar-refractivity contribution in [1.29, 1.82) is 0 Å². The first-order chi connectivity index (χ1) is 12.3. The van der Waals surface area contributed by atoms with Gasteiger partial charge in [-0.2, -0.15) is 0 Å². The maximum absolute atomic E-state index is 6.13. The van der Waals surface area contributed by atoms with Gasteiger partial charge in [0.2, 0.25) is 0 Å². The summed E-state index contributed by atoms with van der Waals surface area (Å²) in [4.78, 5) is 2.60. The molecular formula is C22H28N2O. The summed E-state index contributed by atoms with van der Waals surface area (Å²) in [6, 6.07) is 18.5. The summed E-state index contributed by atoms with van der Waals surface area (Å²) >= 11 is 0. The fraction of sp³-hybridized carbons (Fsp3) is 0.455. The molecule has 2 aliphatic heterocycles. The molecule has 4 rings (SSSR count). The van der Waals surface area contributed by atoms with Crippen molar-refractivity contribution in [2.75, 3.05) is 26.2 Å². The molecule has 0 unspecified atom stereocenters. The van der Waals surface area contributed by atoms with Crippen molar-refractivity contribution in [3.05, 3.63) is 60.2 Å². The molecule has 2 fully saturated rings. The molecule has 1 N–H and O–H groups in total.